The maximum Gasteiger partial charge on any atom is 0.278 e. The first kappa shape index (κ1) is 22.1. The molecule has 1 saturated heterocycles. The van der Waals surface area contributed by atoms with Crippen LogP contribution in [-0.4, -0.2) is 58.3 Å². The Hall–Kier alpha value is -2.55. The standard InChI is InChI=1S/C22H27NO7/c1-4-5-7-12-15(24)16-13(2)17(25)21(30-16)19(27)22(29-3,23-20(21)28)18(26)14-10-8-6-9-11-14/h6,8-11,15,19,24,27H,4-5,7,12H2,1-3H3,(H,23,28)/t15-,19+,21+,22+/m0/s1. The number of unbranched alkanes of at least 4 members (excludes halogenated alkanes) is 2. The molecule has 8 nitrogen and oxygen atoms in total. The number of ketones is 2. The molecule has 0 bridgehead atoms. The molecule has 30 heavy (non-hydrogen) atoms. The Balaban J connectivity index is 1.94. The van der Waals surface area contributed by atoms with Gasteiger partial charge in [-0.05, 0) is 13.3 Å². The number of carbonyl (C=O) groups excluding carboxylic acids is 3. The van der Waals surface area contributed by atoms with Gasteiger partial charge < -0.3 is 25.0 Å². The van der Waals surface area contributed by atoms with Crippen molar-refractivity contribution >= 4 is 17.5 Å². The van der Waals surface area contributed by atoms with Gasteiger partial charge in [-0.1, -0.05) is 56.5 Å². The molecule has 2 aliphatic rings. The molecule has 3 rings (SSSR count). The average Bonchev–Trinajstić information content (AvgIpc) is 3.15. The first-order valence-corrected chi connectivity index (χ1v) is 10.0. The van der Waals surface area contributed by atoms with Crippen LogP contribution >= 0.6 is 0 Å². The Kier molecular flexibility index (Phi) is 6.12. The lowest BCUT2D eigenvalue weighted by Crippen LogP contribution is -2.60. The third-order valence-corrected chi connectivity index (χ3v) is 5.80. The molecule has 4 atom stereocenters. The predicted octanol–water partition coefficient (Wildman–Crippen LogP) is 1.26. The molecule has 0 aromatic heterocycles. The predicted molar refractivity (Wildman–Crippen MR) is 106 cm³/mol. The van der Waals surface area contributed by atoms with Gasteiger partial charge in [-0.15, -0.1) is 0 Å². The number of hydrogen-bond donors (Lipinski definition) is 3. The van der Waals surface area contributed by atoms with Crippen molar-refractivity contribution in [2.75, 3.05) is 7.11 Å². The summed E-state index contributed by atoms with van der Waals surface area (Å²) in [5.41, 5.74) is -4.35. The van der Waals surface area contributed by atoms with E-state index in [1.807, 2.05) is 6.92 Å². The maximum absolute atomic E-state index is 13.1. The minimum absolute atomic E-state index is 0.0484. The van der Waals surface area contributed by atoms with Crippen LogP contribution in [0.2, 0.25) is 0 Å². The lowest BCUT2D eigenvalue weighted by atomic mass is 9.85. The SMILES string of the molecule is CCCCC[C@H](O)C1=C(C)C(=O)[C@]2(O1)C(=O)N[C@@](OC)(C(=O)c1ccccc1)[C@@H]2O. The Labute approximate surface area is 174 Å². The van der Waals surface area contributed by atoms with Gasteiger partial charge in [0.25, 0.3) is 11.5 Å². The number of benzene rings is 1. The van der Waals surface area contributed by atoms with Crippen LogP contribution in [0.1, 0.15) is 49.9 Å². The number of carbonyl (C=O) groups is 3. The van der Waals surface area contributed by atoms with Gasteiger partial charge in [0.05, 0.1) is 0 Å². The van der Waals surface area contributed by atoms with E-state index in [4.69, 9.17) is 9.47 Å². The summed E-state index contributed by atoms with van der Waals surface area (Å²) in [6.07, 6.45) is -0.153. The molecule has 1 aromatic carbocycles. The Morgan fingerprint density at radius 2 is 1.93 bits per heavy atom. The van der Waals surface area contributed by atoms with Crippen LogP contribution in [0.25, 0.3) is 0 Å². The summed E-state index contributed by atoms with van der Waals surface area (Å²) in [6, 6.07) is 7.99. The van der Waals surface area contributed by atoms with Crippen LogP contribution in [0, 0.1) is 0 Å². The van der Waals surface area contributed by atoms with Crippen LogP contribution < -0.4 is 5.32 Å². The van der Waals surface area contributed by atoms with Gasteiger partial charge in [-0.3, -0.25) is 14.4 Å². The lowest BCUT2D eigenvalue weighted by Gasteiger charge is -2.32. The van der Waals surface area contributed by atoms with Crippen LogP contribution in [0.3, 0.4) is 0 Å². The monoisotopic (exact) mass is 417 g/mol. The molecule has 8 heteroatoms. The van der Waals surface area contributed by atoms with E-state index in [2.05, 4.69) is 5.32 Å². The first-order valence-electron chi connectivity index (χ1n) is 10.0. The summed E-state index contributed by atoms with van der Waals surface area (Å²) in [4.78, 5) is 39.2. The van der Waals surface area contributed by atoms with Crippen molar-refractivity contribution < 1.29 is 34.1 Å². The molecule has 1 aromatic rings. The Bertz CT molecular complexity index is 881. The van der Waals surface area contributed by atoms with Gasteiger partial charge in [0.1, 0.15) is 11.9 Å². The largest absolute Gasteiger partial charge is 0.467 e. The van der Waals surface area contributed by atoms with Crippen molar-refractivity contribution in [2.24, 2.45) is 0 Å². The lowest BCUT2D eigenvalue weighted by molar-refractivity contribution is -0.162. The summed E-state index contributed by atoms with van der Waals surface area (Å²) in [6.45, 7) is 3.45. The number of nitrogens with one attached hydrogen (secondary N) is 1. The zero-order chi connectivity index (χ0) is 22.1. The topological polar surface area (TPSA) is 122 Å². The zero-order valence-electron chi connectivity index (χ0n) is 17.3. The van der Waals surface area contributed by atoms with E-state index >= 15 is 0 Å². The number of aliphatic hydroxyl groups is 2. The second-order valence-electron chi connectivity index (χ2n) is 7.66. The van der Waals surface area contributed by atoms with E-state index in [0.29, 0.717) is 12.8 Å². The molecule has 2 heterocycles. The molecule has 0 aliphatic carbocycles. The van der Waals surface area contributed by atoms with E-state index in [-0.39, 0.29) is 16.9 Å². The average molecular weight is 417 g/mol. The summed E-state index contributed by atoms with van der Waals surface area (Å²) >= 11 is 0. The van der Waals surface area contributed by atoms with Crippen molar-refractivity contribution in [2.45, 2.75) is 63.1 Å². The smallest absolute Gasteiger partial charge is 0.278 e. The molecular formula is C22H27NO7. The van der Waals surface area contributed by atoms with Crippen LogP contribution in [0.4, 0.5) is 0 Å². The summed E-state index contributed by atoms with van der Waals surface area (Å²) in [5.74, 6) is -2.54. The number of hydrogen-bond acceptors (Lipinski definition) is 7. The fraction of sp³-hybridized carbons (Fsp3) is 0.500. The molecule has 2 aliphatic heterocycles. The number of rotatable bonds is 8. The highest BCUT2D eigenvalue weighted by atomic mass is 16.6. The van der Waals surface area contributed by atoms with Gasteiger partial charge in [-0.25, -0.2) is 0 Å². The van der Waals surface area contributed by atoms with E-state index in [0.717, 1.165) is 20.0 Å². The third-order valence-electron chi connectivity index (χ3n) is 5.80. The number of methoxy groups -OCH3 is 1. The number of amides is 1. The van der Waals surface area contributed by atoms with Crippen LogP contribution in [0.5, 0.6) is 0 Å². The van der Waals surface area contributed by atoms with Crippen molar-refractivity contribution in [1.29, 1.82) is 0 Å². The van der Waals surface area contributed by atoms with Crippen molar-refractivity contribution in [1.82, 2.24) is 5.32 Å². The third kappa shape index (κ3) is 3.15. The second kappa shape index (κ2) is 8.29. The molecular weight excluding hydrogens is 390 g/mol. The van der Waals surface area contributed by atoms with Crippen molar-refractivity contribution in [3.8, 4) is 0 Å². The normalized spacial score (nSPS) is 29.3. The second-order valence-corrected chi connectivity index (χ2v) is 7.66. The minimum atomic E-state index is -2.38. The highest BCUT2D eigenvalue weighted by molar-refractivity contribution is 6.23. The number of aliphatic hydroxyl groups excluding tert-OH is 2. The summed E-state index contributed by atoms with van der Waals surface area (Å²) < 4.78 is 11.0. The quantitative estimate of drug-likeness (QED) is 0.331. The first-order chi connectivity index (χ1) is 14.3. The van der Waals surface area contributed by atoms with E-state index in [1.54, 1.807) is 18.2 Å². The van der Waals surface area contributed by atoms with Gasteiger partial charge in [0.2, 0.25) is 17.3 Å². The molecule has 0 unspecified atom stereocenters. The Morgan fingerprint density at radius 3 is 2.53 bits per heavy atom. The van der Waals surface area contributed by atoms with Gasteiger partial charge in [-0.2, -0.15) is 0 Å². The molecule has 162 valence electrons. The van der Waals surface area contributed by atoms with E-state index in [9.17, 15) is 24.6 Å². The molecule has 1 amide bonds. The summed E-state index contributed by atoms with van der Waals surface area (Å²) in [7, 11) is 1.16. The molecule has 1 spiro atoms. The van der Waals surface area contributed by atoms with E-state index in [1.165, 1.54) is 19.1 Å². The molecule has 0 radical (unpaired) electrons. The molecule has 0 saturated carbocycles. The molecule has 3 N–H and O–H groups in total. The van der Waals surface area contributed by atoms with Gasteiger partial charge in [0, 0.05) is 18.2 Å². The van der Waals surface area contributed by atoms with Gasteiger partial charge in [0.15, 0.2) is 6.10 Å². The highest BCUT2D eigenvalue weighted by Gasteiger charge is 2.74. The zero-order valence-corrected chi connectivity index (χ0v) is 17.3. The maximum atomic E-state index is 13.1. The fourth-order valence-corrected chi connectivity index (χ4v) is 4.03. The number of ether oxygens (including phenoxy) is 2. The van der Waals surface area contributed by atoms with E-state index < -0.39 is 41.0 Å². The number of Topliss-reactive ketones (excluding diaryl/α,β-unsaturated/α-hetero) is 2. The van der Waals surface area contributed by atoms with Crippen LogP contribution in [0.15, 0.2) is 41.7 Å². The summed E-state index contributed by atoms with van der Waals surface area (Å²) in [5, 5.41) is 24.0. The molecule has 1 fully saturated rings. The highest BCUT2D eigenvalue weighted by Crippen LogP contribution is 2.44. The fourth-order valence-electron chi connectivity index (χ4n) is 4.03. The minimum Gasteiger partial charge on any atom is -0.467 e. The van der Waals surface area contributed by atoms with Gasteiger partial charge >= 0.3 is 0 Å². The van der Waals surface area contributed by atoms with Crippen molar-refractivity contribution in [3.05, 3.63) is 47.2 Å². The van der Waals surface area contributed by atoms with Crippen LogP contribution in [-0.2, 0) is 19.1 Å². The van der Waals surface area contributed by atoms with Crippen molar-refractivity contribution in [3.63, 3.8) is 0 Å². The Morgan fingerprint density at radius 1 is 1.27 bits per heavy atom.